The van der Waals surface area contributed by atoms with Gasteiger partial charge in [-0.3, -0.25) is 4.79 Å². The third-order valence-electron chi connectivity index (χ3n) is 9.07. The molecule has 258 valence electrons. The largest absolute Gasteiger partial charge is 0.490 e. The Bertz CT molecular complexity index is 1300. The maximum absolute atomic E-state index is 14.3. The van der Waals surface area contributed by atoms with Gasteiger partial charge in [-0.2, -0.15) is 0 Å². The molecule has 4 N–H and O–H groups in total. The first-order valence-corrected chi connectivity index (χ1v) is 17.1. The predicted octanol–water partition coefficient (Wildman–Crippen LogP) is 6.10. The Kier molecular flexibility index (Phi) is 13.7. The Balaban J connectivity index is 1.56. The summed E-state index contributed by atoms with van der Waals surface area (Å²) < 4.78 is 12.7. The number of hydrogen-bond acceptors (Lipinski definition) is 6. The molecule has 4 atom stereocenters. The van der Waals surface area contributed by atoms with Crippen LogP contribution < -0.4 is 20.7 Å². The fourth-order valence-corrected chi connectivity index (χ4v) is 6.16. The Labute approximate surface area is 279 Å². The van der Waals surface area contributed by atoms with Crippen LogP contribution in [0.25, 0.3) is 0 Å². The fourth-order valence-electron chi connectivity index (χ4n) is 6.16. The Hall–Kier alpha value is -3.83. The van der Waals surface area contributed by atoms with Crippen LogP contribution in [0.15, 0.2) is 48.5 Å². The zero-order valence-electron chi connectivity index (χ0n) is 28.4. The van der Waals surface area contributed by atoms with Crippen LogP contribution in [-0.2, 0) is 4.74 Å². The number of amides is 5. The quantitative estimate of drug-likeness (QED) is 0.286. The number of hydrogen-bond donors (Lipinski definition) is 4. The first kappa shape index (κ1) is 36.0. The molecular formula is C36H53N5O6. The molecule has 0 unspecified atom stereocenters. The second-order valence-corrected chi connectivity index (χ2v) is 13.1. The molecule has 0 radical (unpaired) electrons. The van der Waals surface area contributed by atoms with E-state index in [1.54, 1.807) is 54.1 Å². The first-order valence-electron chi connectivity index (χ1n) is 17.1. The highest BCUT2D eigenvalue weighted by molar-refractivity contribution is 6.02. The number of aliphatic hydroxyl groups excluding tert-OH is 1. The van der Waals surface area contributed by atoms with Crippen LogP contribution in [0.4, 0.5) is 21.0 Å². The van der Waals surface area contributed by atoms with Crippen molar-refractivity contribution in [3.8, 4) is 5.75 Å². The van der Waals surface area contributed by atoms with E-state index in [4.69, 9.17) is 9.47 Å². The number of nitrogens with zero attached hydrogens (tertiary/aromatic N) is 2. The van der Waals surface area contributed by atoms with Gasteiger partial charge in [0.1, 0.15) is 5.75 Å². The Morgan fingerprint density at radius 1 is 0.979 bits per heavy atom. The number of para-hydroxylation sites is 1. The molecule has 2 aromatic carbocycles. The minimum atomic E-state index is -0.505. The van der Waals surface area contributed by atoms with Crippen molar-refractivity contribution >= 4 is 29.3 Å². The average Bonchev–Trinajstić information content (AvgIpc) is 3.06. The molecule has 2 aliphatic rings. The predicted molar refractivity (Wildman–Crippen MR) is 184 cm³/mol. The van der Waals surface area contributed by atoms with Crippen molar-refractivity contribution in [1.82, 2.24) is 15.1 Å². The summed E-state index contributed by atoms with van der Waals surface area (Å²) in [5, 5.41) is 19.0. The maximum atomic E-state index is 14.3. The van der Waals surface area contributed by atoms with Crippen LogP contribution in [0.3, 0.4) is 0 Å². The van der Waals surface area contributed by atoms with Gasteiger partial charge in [0.2, 0.25) is 0 Å². The van der Waals surface area contributed by atoms with Crippen molar-refractivity contribution in [2.24, 2.45) is 5.92 Å². The zero-order valence-corrected chi connectivity index (χ0v) is 28.4. The average molecular weight is 652 g/mol. The van der Waals surface area contributed by atoms with Crippen LogP contribution in [0.2, 0.25) is 0 Å². The smallest absolute Gasteiger partial charge is 0.323 e. The summed E-state index contributed by atoms with van der Waals surface area (Å²) in [5.41, 5.74) is 1.36. The standard InChI is InChI=1S/C36H53N5O6/c1-25-22-41(26(2)24-42)34(43)31-21-30(38-35(44)37-28-14-7-5-8-15-28)18-19-32(31)47-27(3)13-11-12-20-46-33(25)23-40(4)36(45)39-29-16-9-6-10-17-29/h5,7-8,14-15,18-19,21,25-27,29,33,42H,6,9-13,16-17,20,22-24H2,1-4H3,(H,39,45)(H2,37,38,44)/t25-,26-,27+,33-/m0/s1. The molecule has 0 saturated heterocycles. The van der Waals surface area contributed by atoms with Crippen molar-refractivity contribution in [3.63, 3.8) is 0 Å². The van der Waals surface area contributed by atoms with E-state index in [-0.39, 0.29) is 49.3 Å². The summed E-state index contributed by atoms with van der Waals surface area (Å²) in [6.45, 7) is 6.72. The van der Waals surface area contributed by atoms with E-state index in [9.17, 15) is 19.5 Å². The lowest BCUT2D eigenvalue weighted by Gasteiger charge is -2.36. The molecule has 1 aliphatic carbocycles. The van der Waals surface area contributed by atoms with Gasteiger partial charge in [0, 0.05) is 50.1 Å². The number of rotatable bonds is 7. The monoisotopic (exact) mass is 651 g/mol. The molecule has 0 spiro atoms. The van der Waals surface area contributed by atoms with Gasteiger partial charge < -0.3 is 40.3 Å². The van der Waals surface area contributed by atoms with E-state index in [0.717, 1.165) is 44.9 Å². The van der Waals surface area contributed by atoms with Crippen LogP contribution in [0.1, 0.15) is 82.5 Å². The van der Waals surface area contributed by atoms with Gasteiger partial charge >= 0.3 is 12.1 Å². The molecule has 0 aromatic heterocycles. The lowest BCUT2D eigenvalue weighted by Crippen LogP contribution is -2.50. The van der Waals surface area contributed by atoms with E-state index >= 15 is 0 Å². The van der Waals surface area contributed by atoms with E-state index in [1.807, 2.05) is 32.0 Å². The van der Waals surface area contributed by atoms with Crippen molar-refractivity contribution in [2.45, 2.75) is 96.4 Å². The third-order valence-corrected chi connectivity index (χ3v) is 9.07. The summed E-state index contributed by atoms with van der Waals surface area (Å²) in [5.74, 6) is -0.0720. The number of ether oxygens (including phenoxy) is 2. The van der Waals surface area contributed by atoms with Gasteiger partial charge in [0.05, 0.1) is 30.4 Å². The van der Waals surface area contributed by atoms with E-state index in [1.165, 1.54) is 6.42 Å². The molecule has 11 heteroatoms. The maximum Gasteiger partial charge on any atom is 0.323 e. The van der Waals surface area contributed by atoms with Gasteiger partial charge in [-0.1, -0.05) is 44.4 Å². The minimum absolute atomic E-state index is 0.111. The Morgan fingerprint density at radius 2 is 1.68 bits per heavy atom. The lowest BCUT2D eigenvalue weighted by molar-refractivity contribution is -0.0123. The third kappa shape index (κ3) is 10.9. The summed E-state index contributed by atoms with van der Waals surface area (Å²) in [7, 11) is 1.79. The number of carbonyl (C=O) groups is 3. The molecule has 1 saturated carbocycles. The van der Waals surface area contributed by atoms with Crippen LogP contribution in [-0.4, -0.2) is 90.5 Å². The molecule has 5 amide bonds. The minimum Gasteiger partial charge on any atom is -0.490 e. The van der Waals surface area contributed by atoms with Crippen molar-refractivity contribution < 1.29 is 29.0 Å². The van der Waals surface area contributed by atoms with Crippen molar-refractivity contribution in [3.05, 3.63) is 54.1 Å². The molecule has 11 nitrogen and oxygen atoms in total. The number of likely N-dealkylation sites (N-methyl/N-ethyl adjacent to an activating group) is 1. The topological polar surface area (TPSA) is 132 Å². The number of nitrogens with one attached hydrogen (secondary N) is 3. The summed E-state index contributed by atoms with van der Waals surface area (Å²) in [6.07, 6.45) is 7.46. The molecule has 1 heterocycles. The second-order valence-electron chi connectivity index (χ2n) is 13.1. The lowest BCUT2D eigenvalue weighted by atomic mass is 9.96. The summed E-state index contributed by atoms with van der Waals surface area (Å²) >= 11 is 0. The van der Waals surface area contributed by atoms with Gasteiger partial charge in [-0.25, -0.2) is 9.59 Å². The number of urea groups is 2. The molecular weight excluding hydrogens is 598 g/mol. The summed E-state index contributed by atoms with van der Waals surface area (Å²) in [4.78, 5) is 43.6. The Morgan fingerprint density at radius 3 is 2.40 bits per heavy atom. The second kappa shape index (κ2) is 17.9. The highest BCUT2D eigenvalue weighted by Gasteiger charge is 2.31. The molecule has 1 aliphatic heterocycles. The number of carbonyl (C=O) groups excluding carboxylic acids is 3. The van der Waals surface area contributed by atoms with Gasteiger partial charge in [-0.05, 0) is 76.3 Å². The number of aliphatic hydroxyl groups is 1. The van der Waals surface area contributed by atoms with E-state index < -0.39 is 12.1 Å². The highest BCUT2D eigenvalue weighted by Crippen LogP contribution is 2.29. The highest BCUT2D eigenvalue weighted by atomic mass is 16.5. The zero-order chi connectivity index (χ0) is 33.8. The molecule has 4 rings (SSSR count). The molecule has 0 bridgehead atoms. The van der Waals surface area contributed by atoms with Gasteiger partial charge in [0.25, 0.3) is 5.91 Å². The molecule has 2 aromatic rings. The molecule has 47 heavy (non-hydrogen) atoms. The van der Waals surface area contributed by atoms with Crippen molar-refractivity contribution in [1.29, 1.82) is 0 Å². The van der Waals surface area contributed by atoms with Crippen LogP contribution in [0, 0.1) is 5.92 Å². The van der Waals surface area contributed by atoms with Crippen LogP contribution in [0.5, 0.6) is 5.75 Å². The number of fused-ring (bicyclic) bond motifs is 1. The first-order chi connectivity index (χ1) is 22.6. The van der Waals surface area contributed by atoms with E-state index in [0.29, 0.717) is 35.8 Å². The SMILES string of the molecule is C[C@@H]1CCCCO[C@@H](CN(C)C(=O)NC2CCCCC2)[C@@H](C)CN([C@@H](C)CO)C(=O)c2cc(NC(=O)Nc3ccccc3)ccc2O1. The number of anilines is 2. The fraction of sp³-hybridized carbons (Fsp3) is 0.583. The normalized spacial score (nSPS) is 22.2. The van der Waals surface area contributed by atoms with Gasteiger partial charge in [-0.15, -0.1) is 0 Å². The molecule has 1 fully saturated rings. The summed E-state index contributed by atoms with van der Waals surface area (Å²) in [6, 6.07) is 13.3. The van der Waals surface area contributed by atoms with Gasteiger partial charge in [0.15, 0.2) is 0 Å². The van der Waals surface area contributed by atoms with E-state index in [2.05, 4.69) is 16.0 Å². The number of benzene rings is 2. The van der Waals surface area contributed by atoms with Crippen molar-refractivity contribution in [2.75, 3.05) is 44.0 Å². The van der Waals surface area contributed by atoms with Crippen LogP contribution >= 0.6 is 0 Å².